The summed E-state index contributed by atoms with van der Waals surface area (Å²) in [6.07, 6.45) is 4.73. The molecule has 0 saturated heterocycles. The highest BCUT2D eigenvalue weighted by molar-refractivity contribution is 6.32. The van der Waals surface area contributed by atoms with Gasteiger partial charge in [-0.25, -0.2) is 0 Å². The molecule has 0 saturated carbocycles. The van der Waals surface area contributed by atoms with Crippen LogP contribution in [0.1, 0.15) is 18.1 Å². The van der Waals surface area contributed by atoms with Crippen molar-refractivity contribution in [2.75, 3.05) is 5.32 Å². The summed E-state index contributed by atoms with van der Waals surface area (Å²) in [4.78, 5) is 12.0. The molecule has 0 fully saturated rings. The highest BCUT2D eigenvalue weighted by Gasteiger charge is 2.10. The van der Waals surface area contributed by atoms with Crippen LogP contribution in [-0.2, 0) is 17.8 Å². The zero-order valence-electron chi connectivity index (χ0n) is 11.6. The number of pyridine rings is 1. The molecule has 2 rings (SSSR count). The Bertz CT molecular complexity index is 690. The summed E-state index contributed by atoms with van der Waals surface area (Å²) in [5, 5.41) is 11.9. The fourth-order valence-electron chi connectivity index (χ4n) is 1.88. The van der Waals surface area contributed by atoms with Gasteiger partial charge in [-0.1, -0.05) is 18.5 Å². The van der Waals surface area contributed by atoms with Crippen molar-refractivity contribution in [2.45, 2.75) is 19.9 Å². The van der Waals surface area contributed by atoms with E-state index in [-0.39, 0.29) is 12.5 Å². The number of nitrogens with one attached hydrogen (secondary N) is 1. The second kappa shape index (κ2) is 6.87. The number of rotatable bonds is 4. The smallest absolute Gasteiger partial charge is 0.290 e. The Morgan fingerprint density at radius 3 is 2.62 bits per heavy atom. The molecule has 1 aromatic carbocycles. The first-order valence-electron chi connectivity index (χ1n) is 6.60. The molecule has 5 heteroatoms. The summed E-state index contributed by atoms with van der Waals surface area (Å²) in [6.45, 7) is 2.31. The number of anilines is 1. The molecule has 1 N–H and O–H groups in total. The minimum Gasteiger partial charge on any atom is -0.321 e. The van der Waals surface area contributed by atoms with Crippen molar-refractivity contribution >= 4 is 23.2 Å². The van der Waals surface area contributed by atoms with E-state index < -0.39 is 0 Å². The second-order valence-corrected chi connectivity index (χ2v) is 4.99. The quantitative estimate of drug-likeness (QED) is 0.883. The van der Waals surface area contributed by atoms with Gasteiger partial charge in [0.15, 0.2) is 12.4 Å². The summed E-state index contributed by atoms with van der Waals surface area (Å²) < 4.78 is 1.81. The fraction of sp³-hybridized carbons (Fsp3) is 0.188. The lowest BCUT2D eigenvalue weighted by Gasteiger charge is -2.04. The molecule has 0 radical (unpaired) electrons. The summed E-state index contributed by atoms with van der Waals surface area (Å²) >= 11 is 5.93. The average Bonchev–Trinajstić information content (AvgIpc) is 2.48. The van der Waals surface area contributed by atoms with Gasteiger partial charge in [-0.15, -0.1) is 0 Å². The number of hydrogen-bond donors (Lipinski definition) is 1. The topological polar surface area (TPSA) is 56.8 Å². The summed E-state index contributed by atoms with van der Waals surface area (Å²) in [5.74, 6) is -0.148. The van der Waals surface area contributed by atoms with E-state index in [1.807, 2.05) is 30.6 Å². The number of carbonyl (C=O) groups is 1. The van der Waals surface area contributed by atoms with Crippen molar-refractivity contribution < 1.29 is 9.36 Å². The lowest BCUT2D eigenvalue weighted by atomic mass is 10.2. The molecule has 0 bridgehead atoms. The number of nitriles is 1. The average molecular weight is 301 g/mol. The molecule has 0 unspecified atom stereocenters. The van der Waals surface area contributed by atoms with Crippen LogP contribution in [-0.4, -0.2) is 5.91 Å². The van der Waals surface area contributed by atoms with Crippen LogP contribution >= 0.6 is 11.6 Å². The molecule has 1 heterocycles. The minimum absolute atomic E-state index is 0.148. The molecular weight excluding hydrogens is 286 g/mol. The first-order valence-corrected chi connectivity index (χ1v) is 6.97. The third-order valence-electron chi connectivity index (χ3n) is 3.07. The van der Waals surface area contributed by atoms with E-state index in [1.54, 1.807) is 22.8 Å². The van der Waals surface area contributed by atoms with Crippen molar-refractivity contribution in [3.8, 4) is 6.07 Å². The third kappa shape index (κ3) is 4.04. The SMILES string of the molecule is CCc1cc[n+](CC(=O)Nc2ccc(C#N)c(Cl)c2)cc1. The van der Waals surface area contributed by atoms with Gasteiger partial charge in [-0.3, -0.25) is 4.79 Å². The van der Waals surface area contributed by atoms with Crippen molar-refractivity contribution in [1.29, 1.82) is 5.26 Å². The molecule has 2 aromatic rings. The zero-order valence-corrected chi connectivity index (χ0v) is 12.4. The molecule has 106 valence electrons. The van der Waals surface area contributed by atoms with Gasteiger partial charge >= 0.3 is 0 Å². The standard InChI is InChI=1S/C16H14ClN3O/c1-2-12-5-7-20(8-6-12)11-16(21)19-14-4-3-13(10-18)15(17)9-14/h3-9H,2,11H2,1H3/p+1. The molecular formula is C16H15ClN3O+. The Kier molecular flexibility index (Phi) is 4.91. The van der Waals surface area contributed by atoms with Gasteiger partial charge in [-0.2, -0.15) is 9.83 Å². The van der Waals surface area contributed by atoms with Gasteiger partial charge in [0.1, 0.15) is 6.07 Å². The molecule has 0 spiro atoms. The van der Waals surface area contributed by atoms with Crippen molar-refractivity contribution in [1.82, 2.24) is 0 Å². The minimum atomic E-state index is -0.148. The van der Waals surface area contributed by atoms with Crippen LogP contribution in [0.2, 0.25) is 5.02 Å². The van der Waals surface area contributed by atoms with Crippen LogP contribution in [0.15, 0.2) is 42.7 Å². The van der Waals surface area contributed by atoms with Gasteiger partial charge in [0, 0.05) is 17.8 Å². The first kappa shape index (κ1) is 15.0. The van der Waals surface area contributed by atoms with Crippen molar-refractivity contribution in [3.05, 3.63) is 58.9 Å². The van der Waals surface area contributed by atoms with E-state index in [9.17, 15) is 4.79 Å². The molecule has 0 aliphatic rings. The molecule has 0 aliphatic carbocycles. The maximum absolute atomic E-state index is 12.0. The van der Waals surface area contributed by atoms with Gasteiger partial charge in [-0.05, 0) is 30.2 Å². The largest absolute Gasteiger partial charge is 0.321 e. The Morgan fingerprint density at radius 2 is 2.05 bits per heavy atom. The van der Waals surface area contributed by atoms with Gasteiger partial charge in [0.2, 0.25) is 6.54 Å². The van der Waals surface area contributed by atoms with E-state index in [2.05, 4.69) is 12.2 Å². The molecule has 1 aromatic heterocycles. The normalized spacial score (nSPS) is 9.95. The third-order valence-corrected chi connectivity index (χ3v) is 3.38. The number of aryl methyl sites for hydroxylation is 1. The number of carbonyl (C=O) groups excluding carboxylic acids is 1. The monoisotopic (exact) mass is 300 g/mol. The van der Waals surface area contributed by atoms with Crippen molar-refractivity contribution in [2.24, 2.45) is 0 Å². The Morgan fingerprint density at radius 1 is 1.33 bits per heavy atom. The number of halogens is 1. The van der Waals surface area contributed by atoms with Crippen LogP contribution in [0, 0.1) is 11.3 Å². The predicted molar refractivity (Wildman–Crippen MR) is 80.8 cm³/mol. The summed E-state index contributed by atoms with van der Waals surface area (Å²) in [7, 11) is 0. The lowest BCUT2D eigenvalue weighted by molar-refractivity contribution is -0.684. The number of aromatic nitrogens is 1. The van der Waals surface area contributed by atoms with E-state index in [1.165, 1.54) is 5.56 Å². The van der Waals surface area contributed by atoms with Crippen LogP contribution in [0.3, 0.4) is 0 Å². The summed E-state index contributed by atoms with van der Waals surface area (Å²) in [6, 6.07) is 10.8. The second-order valence-electron chi connectivity index (χ2n) is 4.59. The van der Waals surface area contributed by atoms with Crippen LogP contribution in [0.5, 0.6) is 0 Å². The van der Waals surface area contributed by atoms with Gasteiger partial charge in [0.05, 0.1) is 10.6 Å². The molecule has 0 aliphatic heterocycles. The maximum Gasteiger partial charge on any atom is 0.290 e. The van der Waals surface area contributed by atoms with E-state index in [4.69, 9.17) is 16.9 Å². The molecule has 4 nitrogen and oxygen atoms in total. The number of amides is 1. The Labute approximate surface area is 128 Å². The molecule has 21 heavy (non-hydrogen) atoms. The highest BCUT2D eigenvalue weighted by Crippen LogP contribution is 2.20. The summed E-state index contributed by atoms with van der Waals surface area (Å²) in [5.41, 5.74) is 2.19. The number of hydrogen-bond acceptors (Lipinski definition) is 2. The molecule has 0 atom stereocenters. The Hall–Kier alpha value is -2.38. The van der Waals surface area contributed by atoms with Crippen molar-refractivity contribution in [3.63, 3.8) is 0 Å². The van der Waals surface area contributed by atoms with Gasteiger partial charge < -0.3 is 5.32 Å². The Balaban J connectivity index is 2.01. The fourth-order valence-corrected chi connectivity index (χ4v) is 2.10. The van der Waals surface area contributed by atoms with E-state index in [0.29, 0.717) is 16.3 Å². The van der Waals surface area contributed by atoms with Crippen LogP contribution in [0.4, 0.5) is 5.69 Å². The maximum atomic E-state index is 12.0. The van der Waals surface area contributed by atoms with Crippen LogP contribution < -0.4 is 9.88 Å². The lowest BCUT2D eigenvalue weighted by Crippen LogP contribution is -2.39. The molecule has 1 amide bonds. The van der Waals surface area contributed by atoms with E-state index in [0.717, 1.165) is 6.42 Å². The predicted octanol–water partition coefficient (Wildman–Crippen LogP) is 2.70. The number of benzene rings is 1. The zero-order chi connectivity index (χ0) is 15.2. The van der Waals surface area contributed by atoms with Crippen LogP contribution in [0.25, 0.3) is 0 Å². The van der Waals surface area contributed by atoms with Gasteiger partial charge in [0.25, 0.3) is 5.91 Å². The first-order chi connectivity index (χ1) is 10.1. The van der Waals surface area contributed by atoms with E-state index >= 15 is 0 Å². The number of nitrogens with zero attached hydrogens (tertiary/aromatic N) is 2. The highest BCUT2D eigenvalue weighted by atomic mass is 35.5.